The minimum Gasteiger partial charge on any atom is -0.392 e. The molecule has 0 bridgehead atoms. The van der Waals surface area contributed by atoms with Gasteiger partial charge in [0.25, 0.3) is 0 Å². The molecule has 2 nitrogen and oxygen atoms in total. The van der Waals surface area contributed by atoms with E-state index in [1.807, 2.05) is 12.4 Å². The van der Waals surface area contributed by atoms with Crippen LogP contribution in [0.2, 0.25) is 0 Å². The highest BCUT2D eigenvalue weighted by Crippen LogP contribution is 2.31. The molecule has 0 aromatic carbocycles. The first-order valence-corrected chi connectivity index (χ1v) is 5.87. The van der Waals surface area contributed by atoms with Crippen LogP contribution in [0.3, 0.4) is 0 Å². The molecule has 1 heterocycles. The summed E-state index contributed by atoms with van der Waals surface area (Å²) in [6, 6.07) is 2.16. The van der Waals surface area contributed by atoms with Crippen molar-refractivity contribution in [2.45, 2.75) is 51.0 Å². The van der Waals surface area contributed by atoms with E-state index < -0.39 is 0 Å². The highest BCUT2D eigenvalue weighted by molar-refractivity contribution is 5.22. The second-order valence-electron chi connectivity index (χ2n) is 4.61. The Kier molecular flexibility index (Phi) is 3.37. The lowest BCUT2D eigenvalue weighted by atomic mass is 9.90. The zero-order chi connectivity index (χ0) is 10.7. The first-order chi connectivity index (χ1) is 7.27. The topological polar surface area (TPSA) is 33.1 Å². The van der Waals surface area contributed by atoms with Gasteiger partial charge in [0, 0.05) is 18.3 Å². The van der Waals surface area contributed by atoms with E-state index in [2.05, 4.69) is 18.0 Å². The third kappa shape index (κ3) is 2.57. The summed E-state index contributed by atoms with van der Waals surface area (Å²) in [5, 5.41) is 10.1. The molecule has 1 saturated carbocycles. The summed E-state index contributed by atoms with van der Waals surface area (Å²) in [6.07, 6.45) is 9.31. The molecular formula is C13H19NO. The van der Waals surface area contributed by atoms with Crippen molar-refractivity contribution in [3.05, 3.63) is 29.6 Å². The number of aliphatic hydroxyl groups excluding tert-OH is 1. The van der Waals surface area contributed by atoms with Crippen molar-refractivity contribution in [3.8, 4) is 0 Å². The molecule has 82 valence electrons. The summed E-state index contributed by atoms with van der Waals surface area (Å²) < 4.78 is 0. The Hall–Kier alpha value is -0.890. The highest BCUT2D eigenvalue weighted by Gasteiger charge is 2.23. The van der Waals surface area contributed by atoms with Gasteiger partial charge in [-0.1, -0.05) is 25.3 Å². The van der Waals surface area contributed by atoms with Crippen LogP contribution in [-0.4, -0.2) is 16.2 Å². The van der Waals surface area contributed by atoms with Crippen molar-refractivity contribution in [1.82, 2.24) is 4.98 Å². The number of nitrogens with zero attached hydrogens (tertiary/aromatic N) is 1. The van der Waals surface area contributed by atoms with Crippen LogP contribution in [0, 0.1) is 6.92 Å². The lowest BCUT2D eigenvalue weighted by Gasteiger charge is -2.20. The monoisotopic (exact) mass is 205 g/mol. The molecule has 0 saturated heterocycles. The molecule has 1 N–H and O–H groups in total. The van der Waals surface area contributed by atoms with Crippen LogP contribution < -0.4 is 0 Å². The number of hydrogen-bond acceptors (Lipinski definition) is 2. The van der Waals surface area contributed by atoms with Gasteiger partial charge in [-0.25, -0.2) is 0 Å². The van der Waals surface area contributed by atoms with Crippen LogP contribution in [0.5, 0.6) is 0 Å². The summed E-state index contributed by atoms with van der Waals surface area (Å²) >= 11 is 0. The molecule has 2 heteroatoms. The average molecular weight is 205 g/mol. The van der Waals surface area contributed by atoms with Crippen molar-refractivity contribution in [2.75, 3.05) is 0 Å². The molecule has 1 aromatic heterocycles. The van der Waals surface area contributed by atoms with Gasteiger partial charge in [0.2, 0.25) is 0 Å². The highest BCUT2D eigenvalue weighted by atomic mass is 16.3. The summed E-state index contributed by atoms with van der Waals surface area (Å²) in [5.74, 6) is 0.305. The lowest BCUT2D eigenvalue weighted by Crippen LogP contribution is -2.17. The average Bonchev–Trinajstić information content (AvgIpc) is 2.43. The molecule has 15 heavy (non-hydrogen) atoms. The van der Waals surface area contributed by atoms with E-state index in [1.54, 1.807) is 0 Å². The third-order valence-electron chi connectivity index (χ3n) is 3.30. The quantitative estimate of drug-likeness (QED) is 0.715. The van der Waals surface area contributed by atoms with Gasteiger partial charge in [0.1, 0.15) is 0 Å². The van der Waals surface area contributed by atoms with E-state index >= 15 is 0 Å². The molecule has 1 aliphatic carbocycles. The Morgan fingerprint density at radius 2 is 2.00 bits per heavy atom. The fourth-order valence-electron chi connectivity index (χ4n) is 2.46. The smallest absolute Gasteiger partial charge is 0.0609 e. The van der Waals surface area contributed by atoms with Crippen LogP contribution >= 0.6 is 0 Å². The fraction of sp³-hybridized carbons (Fsp3) is 0.615. The Bertz CT molecular complexity index is 324. The van der Waals surface area contributed by atoms with Gasteiger partial charge in [-0.2, -0.15) is 0 Å². The Morgan fingerprint density at radius 3 is 2.80 bits per heavy atom. The molecule has 0 aliphatic heterocycles. The van der Waals surface area contributed by atoms with Crippen LogP contribution in [0.1, 0.15) is 49.1 Å². The molecule has 1 aliphatic rings. The number of aliphatic hydroxyl groups is 1. The van der Waals surface area contributed by atoms with E-state index in [4.69, 9.17) is 0 Å². The fourth-order valence-corrected chi connectivity index (χ4v) is 2.46. The van der Waals surface area contributed by atoms with Crippen molar-refractivity contribution in [1.29, 1.82) is 0 Å². The summed E-state index contributed by atoms with van der Waals surface area (Å²) in [4.78, 5) is 4.21. The molecule has 2 rings (SSSR count). The molecular weight excluding hydrogens is 186 g/mol. The maximum Gasteiger partial charge on any atom is 0.0609 e. The number of pyridine rings is 1. The first-order valence-electron chi connectivity index (χ1n) is 5.87. The van der Waals surface area contributed by atoms with E-state index in [0.29, 0.717) is 5.92 Å². The molecule has 2 atom stereocenters. The van der Waals surface area contributed by atoms with Gasteiger partial charge >= 0.3 is 0 Å². The Balaban J connectivity index is 2.20. The largest absolute Gasteiger partial charge is 0.392 e. The molecule has 1 aromatic rings. The van der Waals surface area contributed by atoms with Crippen molar-refractivity contribution >= 4 is 0 Å². The Morgan fingerprint density at radius 1 is 1.20 bits per heavy atom. The minimum absolute atomic E-state index is 0.170. The Labute approximate surface area is 91.4 Å². The van der Waals surface area contributed by atoms with Crippen LogP contribution in [0.4, 0.5) is 0 Å². The van der Waals surface area contributed by atoms with Crippen molar-refractivity contribution < 1.29 is 5.11 Å². The van der Waals surface area contributed by atoms with E-state index in [0.717, 1.165) is 19.3 Å². The van der Waals surface area contributed by atoms with Gasteiger partial charge in [-0.05, 0) is 30.9 Å². The van der Waals surface area contributed by atoms with Gasteiger partial charge in [0.15, 0.2) is 0 Å². The van der Waals surface area contributed by atoms with Gasteiger partial charge < -0.3 is 5.11 Å². The maximum absolute atomic E-state index is 10.1. The van der Waals surface area contributed by atoms with Crippen molar-refractivity contribution in [3.63, 3.8) is 0 Å². The number of hydrogen-bond donors (Lipinski definition) is 1. The SMILES string of the molecule is Cc1cncc(C2CCCCCC2O)c1. The third-order valence-corrected chi connectivity index (χ3v) is 3.30. The predicted octanol–water partition coefficient (Wildman–Crippen LogP) is 2.80. The van der Waals surface area contributed by atoms with Crippen LogP contribution in [0.15, 0.2) is 18.5 Å². The summed E-state index contributed by atoms with van der Waals surface area (Å²) in [6.45, 7) is 2.06. The first kappa shape index (κ1) is 10.6. The van der Waals surface area contributed by atoms with Crippen molar-refractivity contribution in [2.24, 2.45) is 0 Å². The summed E-state index contributed by atoms with van der Waals surface area (Å²) in [7, 11) is 0. The number of rotatable bonds is 1. The standard InChI is InChI=1S/C13H19NO/c1-10-7-11(9-14-8-10)12-5-3-2-4-6-13(12)15/h7-9,12-13,15H,2-6H2,1H3. The zero-order valence-electron chi connectivity index (χ0n) is 9.32. The molecule has 0 radical (unpaired) electrons. The molecule has 1 fully saturated rings. The van der Waals surface area contributed by atoms with E-state index in [1.165, 1.54) is 24.0 Å². The zero-order valence-corrected chi connectivity index (χ0v) is 9.32. The summed E-state index contributed by atoms with van der Waals surface area (Å²) in [5.41, 5.74) is 2.40. The molecule has 0 spiro atoms. The van der Waals surface area contributed by atoms with Gasteiger partial charge in [-0.3, -0.25) is 4.98 Å². The molecule has 0 amide bonds. The van der Waals surface area contributed by atoms with Crippen LogP contribution in [0.25, 0.3) is 0 Å². The molecule has 2 unspecified atom stereocenters. The van der Waals surface area contributed by atoms with E-state index in [-0.39, 0.29) is 6.10 Å². The number of aryl methyl sites for hydroxylation is 1. The second-order valence-corrected chi connectivity index (χ2v) is 4.61. The number of aromatic nitrogens is 1. The normalized spacial score (nSPS) is 27.3. The lowest BCUT2D eigenvalue weighted by molar-refractivity contribution is 0.135. The predicted molar refractivity (Wildman–Crippen MR) is 60.8 cm³/mol. The maximum atomic E-state index is 10.1. The second kappa shape index (κ2) is 4.75. The van der Waals surface area contributed by atoms with Gasteiger partial charge in [0.05, 0.1) is 6.10 Å². The van der Waals surface area contributed by atoms with Crippen LogP contribution in [-0.2, 0) is 0 Å². The van der Waals surface area contributed by atoms with Gasteiger partial charge in [-0.15, -0.1) is 0 Å². The minimum atomic E-state index is -0.170. The van der Waals surface area contributed by atoms with E-state index in [9.17, 15) is 5.11 Å².